The highest BCUT2D eigenvalue weighted by Gasteiger charge is 2.08. The lowest BCUT2D eigenvalue weighted by atomic mass is 10.1. The lowest BCUT2D eigenvalue weighted by molar-refractivity contribution is 0.179. The van der Waals surface area contributed by atoms with Gasteiger partial charge in [0, 0.05) is 18.7 Å². The van der Waals surface area contributed by atoms with Crippen molar-refractivity contribution in [2.24, 2.45) is 5.10 Å². The molecular weight excluding hydrogens is 326 g/mol. The number of nitrogens with zero attached hydrogens (tertiary/aromatic N) is 1. The quantitative estimate of drug-likeness (QED) is 0.404. The summed E-state index contributed by atoms with van der Waals surface area (Å²) < 4.78 is 16.3. The van der Waals surface area contributed by atoms with Crippen molar-refractivity contribution < 1.29 is 14.2 Å². The van der Waals surface area contributed by atoms with E-state index in [1.165, 1.54) is 0 Å². The van der Waals surface area contributed by atoms with Crippen molar-refractivity contribution in [1.29, 1.82) is 0 Å². The molecule has 0 amide bonds. The van der Waals surface area contributed by atoms with Crippen LogP contribution in [0.2, 0.25) is 0 Å². The summed E-state index contributed by atoms with van der Waals surface area (Å²) in [4.78, 5) is 0. The van der Waals surface area contributed by atoms with Gasteiger partial charge in [-0.3, -0.25) is 5.43 Å². The largest absolute Gasteiger partial charge is 0.490 e. The summed E-state index contributed by atoms with van der Waals surface area (Å²) in [5.74, 6) is 1.44. The predicted molar refractivity (Wildman–Crippen MR) is 101 cm³/mol. The second kappa shape index (κ2) is 10.8. The standard InChI is InChI=1S/C17H27N3O3S/c1-6-22-15-9-8-14(10-16(15)23-7-2)13(4)19-20-17(24)18-12(3)11-21-5/h8-10,12H,6-7,11H2,1-5H3,(H2,18,20,24)/b19-13-/t12-/m1/s1. The lowest BCUT2D eigenvalue weighted by Gasteiger charge is -2.15. The molecule has 0 heterocycles. The summed E-state index contributed by atoms with van der Waals surface area (Å²) in [6, 6.07) is 5.86. The Bertz CT molecular complexity index is 564. The van der Waals surface area contributed by atoms with Gasteiger partial charge in [0.25, 0.3) is 0 Å². The highest BCUT2D eigenvalue weighted by atomic mass is 32.1. The van der Waals surface area contributed by atoms with E-state index in [9.17, 15) is 0 Å². The molecule has 1 aromatic carbocycles. The van der Waals surface area contributed by atoms with Gasteiger partial charge in [-0.05, 0) is 58.1 Å². The van der Waals surface area contributed by atoms with E-state index >= 15 is 0 Å². The molecule has 24 heavy (non-hydrogen) atoms. The summed E-state index contributed by atoms with van der Waals surface area (Å²) >= 11 is 5.21. The number of methoxy groups -OCH3 is 1. The molecule has 0 radical (unpaired) electrons. The van der Waals surface area contributed by atoms with Crippen LogP contribution in [0.5, 0.6) is 11.5 Å². The Labute approximate surface area is 149 Å². The van der Waals surface area contributed by atoms with Gasteiger partial charge in [-0.2, -0.15) is 5.10 Å². The van der Waals surface area contributed by atoms with Crippen LogP contribution >= 0.6 is 12.2 Å². The second-order valence-corrected chi connectivity index (χ2v) is 5.57. The van der Waals surface area contributed by atoms with Crippen molar-refractivity contribution in [3.8, 4) is 11.5 Å². The van der Waals surface area contributed by atoms with Gasteiger partial charge < -0.3 is 19.5 Å². The molecule has 7 heteroatoms. The molecule has 0 aliphatic carbocycles. The van der Waals surface area contributed by atoms with Gasteiger partial charge in [-0.1, -0.05) is 0 Å². The van der Waals surface area contributed by atoms with Crippen LogP contribution in [0.25, 0.3) is 0 Å². The molecule has 2 N–H and O–H groups in total. The average Bonchev–Trinajstić information content (AvgIpc) is 2.55. The zero-order chi connectivity index (χ0) is 17.9. The summed E-state index contributed by atoms with van der Waals surface area (Å²) in [6.07, 6.45) is 0. The maximum absolute atomic E-state index is 5.63. The van der Waals surface area contributed by atoms with E-state index in [1.807, 2.05) is 45.9 Å². The van der Waals surface area contributed by atoms with Crippen LogP contribution in [-0.2, 0) is 4.74 Å². The maximum Gasteiger partial charge on any atom is 0.187 e. The van der Waals surface area contributed by atoms with Gasteiger partial charge in [-0.15, -0.1) is 0 Å². The van der Waals surface area contributed by atoms with Gasteiger partial charge in [0.1, 0.15) is 0 Å². The van der Waals surface area contributed by atoms with Gasteiger partial charge in [0.05, 0.1) is 25.5 Å². The molecule has 1 aromatic rings. The van der Waals surface area contributed by atoms with E-state index < -0.39 is 0 Å². The normalized spacial score (nSPS) is 12.5. The number of hydrazone groups is 1. The Balaban J connectivity index is 2.77. The van der Waals surface area contributed by atoms with Crippen molar-refractivity contribution in [3.05, 3.63) is 23.8 Å². The van der Waals surface area contributed by atoms with Crippen LogP contribution in [0.4, 0.5) is 0 Å². The molecule has 0 saturated heterocycles. The zero-order valence-electron chi connectivity index (χ0n) is 15.0. The second-order valence-electron chi connectivity index (χ2n) is 5.17. The van der Waals surface area contributed by atoms with Crippen LogP contribution in [-0.4, -0.2) is 43.8 Å². The number of nitrogens with one attached hydrogen (secondary N) is 2. The van der Waals surface area contributed by atoms with Gasteiger partial charge in [0.2, 0.25) is 0 Å². The number of hydrogen-bond acceptors (Lipinski definition) is 5. The van der Waals surface area contributed by atoms with Crippen molar-refractivity contribution in [2.75, 3.05) is 26.9 Å². The minimum atomic E-state index is 0.112. The van der Waals surface area contributed by atoms with E-state index in [2.05, 4.69) is 15.8 Å². The molecule has 0 fully saturated rings. The molecular formula is C17H27N3O3S. The minimum Gasteiger partial charge on any atom is -0.490 e. The average molecular weight is 353 g/mol. The molecule has 1 rings (SSSR count). The van der Waals surface area contributed by atoms with Crippen molar-refractivity contribution in [2.45, 2.75) is 33.7 Å². The molecule has 0 unspecified atom stereocenters. The Morgan fingerprint density at radius 3 is 2.50 bits per heavy atom. The molecule has 6 nitrogen and oxygen atoms in total. The SMILES string of the molecule is CCOc1ccc(/C(C)=N\NC(=S)N[C@H](C)COC)cc1OCC. The van der Waals surface area contributed by atoms with Crippen LogP contribution in [0, 0.1) is 0 Å². The Hall–Kier alpha value is -1.86. The van der Waals surface area contributed by atoms with Gasteiger partial charge >= 0.3 is 0 Å². The fourth-order valence-electron chi connectivity index (χ4n) is 2.02. The topological polar surface area (TPSA) is 64.1 Å². The fraction of sp³-hybridized carbons (Fsp3) is 0.529. The first-order valence-electron chi connectivity index (χ1n) is 8.01. The third-order valence-electron chi connectivity index (χ3n) is 3.08. The monoisotopic (exact) mass is 353 g/mol. The highest BCUT2D eigenvalue weighted by Crippen LogP contribution is 2.28. The molecule has 0 bridgehead atoms. The Morgan fingerprint density at radius 1 is 1.21 bits per heavy atom. The molecule has 0 aromatic heterocycles. The molecule has 0 aliphatic rings. The van der Waals surface area contributed by atoms with E-state index in [4.69, 9.17) is 26.4 Å². The highest BCUT2D eigenvalue weighted by molar-refractivity contribution is 7.80. The molecule has 134 valence electrons. The van der Waals surface area contributed by atoms with E-state index in [1.54, 1.807) is 7.11 Å². The smallest absolute Gasteiger partial charge is 0.187 e. The third-order valence-corrected chi connectivity index (χ3v) is 3.29. The van der Waals surface area contributed by atoms with Gasteiger partial charge in [0.15, 0.2) is 16.6 Å². The Morgan fingerprint density at radius 2 is 1.88 bits per heavy atom. The third kappa shape index (κ3) is 6.72. The van der Waals surface area contributed by atoms with Crippen LogP contribution in [0.15, 0.2) is 23.3 Å². The van der Waals surface area contributed by atoms with Crippen LogP contribution < -0.4 is 20.2 Å². The maximum atomic E-state index is 5.63. The Kier molecular flexibility index (Phi) is 9.11. The van der Waals surface area contributed by atoms with Crippen molar-refractivity contribution >= 4 is 23.0 Å². The first kappa shape index (κ1) is 20.2. The van der Waals surface area contributed by atoms with E-state index in [-0.39, 0.29) is 6.04 Å². The molecule has 0 aliphatic heterocycles. The summed E-state index contributed by atoms with van der Waals surface area (Å²) in [5.41, 5.74) is 4.57. The van der Waals surface area contributed by atoms with E-state index in [0.717, 1.165) is 17.0 Å². The zero-order valence-corrected chi connectivity index (χ0v) is 15.8. The van der Waals surface area contributed by atoms with E-state index in [0.29, 0.717) is 30.7 Å². The van der Waals surface area contributed by atoms with Crippen molar-refractivity contribution in [1.82, 2.24) is 10.7 Å². The molecule has 1 atom stereocenters. The summed E-state index contributed by atoms with van der Waals surface area (Å²) in [7, 11) is 1.65. The van der Waals surface area contributed by atoms with Crippen LogP contribution in [0.1, 0.15) is 33.3 Å². The summed E-state index contributed by atoms with van der Waals surface area (Å²) in [6.45, 7) is 9.50. The molecule has 0 saturated carbocycles. The predicted octanol–water partition coefficient (Wildman–Crippen LogP) is 2.71. The number of hydrogen-bond donors (Lipinski definition) is 2. The van der Waals surface area contributed by atoms with Crippen LogP contribution in [0.3, 0.4) is 0 Å². The minimum absolute atomic E-state index is 0.112. The first-order chi connectivity index (χ1) is 11.5. The number of benzene rings is 1. The van der Waals surface area contributed by atoms with Crippen molar-refractivity contribution in [3.63, 3.8) is 0 Å². The first-order valence-corrected chi connectivity index (χ1v) is 8.42. The van der Waals surface area contributed by atoms with Gasteiger partial charge in [-0.25, -0.2) is 0 Å². The number of thiocarbonyl (C=S) groups is 1. The fourth-order valence-corrected chi connectivity index (χ4v) is 2.27. The number of rotatable bonds is 9. The number of ether oxygens (including phenoxy) is 3. The molecule has 0 spiro atoms. The lowest BCUT2D eigenvalue weighted by Crippen LogP contribution is -2.40. The summed E-state index contributed by atoms with van der Waals surface area (Å²) in [5, 5.41) is 7.85.